The molecule has 0 radical (unpaired) electrons. The minimum atomic E-state index is -0.844. The fraction of sp³-hybridized carbons (Fsp3) is 0.346. The Morgan fingerprint density at radius 2 is 1.92 bits per heavy atom. The summed E-state index contributed by atoms with van der Waals surface area (Å²) in [6.07, 6.45) is 1.79. The van der Waals surface area contributed by atoms with E-state index in [1.165, 1.54) is 19.1 Å². The molecule has 0 aliphatic carbocycles. The Kier molecular flexibility index (Phi) is 8.44. The number of hydrogen-bond acceptors (Lipinski definition) is 8. The minimum absolute atomic E-state index is 0.0133. The van der Waals surface area contributed by atoms with Gasteiger partial charge in [-0.15, -0.1) is 0 Å². The Bertz CT molecular complexity index is 1260. The van der Waals surface area contributed by atoms with Gasteiger partial charge in [-0.25, -0.2) is 9.89 Å². The van der Waals surface area contributed by atoms with Gasteiger partial charge in [-0.05, 0) is 30.7 Å². The highest BCUT2D eigenvalue weighted by Crippen LogP contribution is 2.34. The normalized spacial score (nSPS) is 15.8. The number of rotatable bonds is 10. The van der Waals surface area contributed by atoms with Crippen LogP contribution in [-0.4, -0.2) is 66.2 Å². The lowest BCUT2D eigenvalue weighted by Gasteiger charge is -2.25. The van der Waals surface area contributed by atoms with Crippen LogP contribution in [-0.2, 0) is 14.4 Å². The Labute approximate surface area is 219 Å². The quantitative estimate of drug-likeness (QED) is 0.461. The third kappa shape index (κ3) is 5.93. The van der Waals surface area contributed by atoms with E-state index in [2.05, 4.69) is 20.6 Å². The van der Waals surface area contributed by atoms with Crippen LogP contribution >= 0.6 is 11.8 Å². The smallest absolute Gasteiger partial charge is 0.259 e. The molecule has 0 bridgehead atoms. The van der Waals surface area contributed by atoms with Gasteiger partial charge in [0.2, 0.25) is 11.8 Å². The predicted octanol–water partition coefficient (Wildman–Crippen LogP) is 3.34. The average Bonchev–Trinajstić information content (AvgIpc) is 3.23. The highest BCUT2D eigenvalue weighted by atomic mass is 32.2. The maximum Gasteiger partial charge on any atom is 0.259 e. The van der Waals surface area contributed by atoms with Gasteiger partial charge in [0.25, 0.3) is 5.91 Å². The van der Waals surface area contributed by atoms with Gasteiger partial charge >= 0.3 is 0 Å². The van der Waals surface area contributed by atoms with Crippen LogP contribution in [0.25, 0.3) is 0 Å². The molecular formula is C26H29N5O5S. The van der Waals surface area contributed by atoms with Crippen LogP contribution < -0.4 is 20.1 Å². The molecule has 10 nitrogen and oxygen atoms in total. The van der Waals surface area contributed by atoms with E-state index in [9.17, 15) is 14.4 Å². The molecular weight excluding hydrogens is 494 g/mol. The number of methoxy groups -OCH3 is 2. The third-order valence-corrected chi connectivity index (χ3v) is 6.73. The number of fused-ring (bicyclic) bond motifs is 3. The van der Waals surface area contributed by atoms with E-state index in [0.29, 0.717) is 46.0 Å². The number of amides is 3. The molecule has 1 unspecified atom stereocenters. The molecule has 37 heavy (non-hydrogen) atoms. The molecule has 2 N–H and O–H groups in total. The summed E-state index contributed by atoms with van der Waals surface area (Å²) >= 11 is 1.12. The monoisotopic (exact) mass is 523 g/mol. The SMILES string of the molecule is CCCCNC(=O)CC1N=C2c3ccccc3N=C(SCC(=O)Nc3cc(OC)ccc3OC)N2C1=O. The van der Waals surface area contributed by atoms with Crippen molar-refractivity contribution in [1.29, 1.82) is 0 Å². The Balaban J connectivity index is 1.49. The summed E-state index contributed by atoms with van der Waals surface area (Å²) in [5.74, 6) is 0.631. The van der Waals surface area contributed by atoms with Crippen molar-refractivity contribution >= 4 is 51.9 Å². The molecule has 2 heterocycles. The number of anilines is 1. The zero-order valence-electron chi connectivity index (χ0n) is 20.9. The number of nitrogens with one attached hydrogen (secondary N) is 2. The van der Waals surface area contributed by atoms with E-state index in [-0.39, 0.29) is 29.9 Å². The standard InChI is InChI=1S/C26H29N5O5S/c1-4-5-12-27-22(32)14-20-25(34)31-24(29-20)17-8-6-7-9-18(17)30-26(31)37-15-23(33)28-19-13-16(35-2)10-11-21(19)36-3/h6-11,13,20H,4-5,12,14-15H2,1-3H3,(H,27,32)(H,28,33). The summed E-state index contributed by atoms with van der Waals surface area (Å²) in [4.78, 5) is 49.1. The van der Waals surface area contributed by atoms with Gasteiger partial charge in [0.05, 0.1) is 37.8 Å². The number of thioether (sulfide) groups is 1. The topological polar surface area (TPSA) is 122 Å². The van der Waals surface area contributed by atoms with Crippen LogP contribution in [0, 0.1) is 0 Å². The van der Waals surface area contributed by atoms with Gasteiger partial charge in [0.15, 0.2) is 5.17 Å². The van der Waals surface area contributed by atoms with Crippen molar-refractivity contribution in [3.05, 3.63) is 48.0 Å². The summed E-state index contributed by atoms with van der Waals surface area (Å²) in [5, 5.41) is 5.99. The number of benzene rings is 2. The number of aliphatic imine (C=N–C) groups is 2. The van der Waals surface area contributed by atoms with Gasteiger partial charge < -0.3 is 20.1 Å². The molecule has 4 rings (SSSR count). The maximum absolute atomic E-state index is 13.3. The second-order valence-corrected chi connectivity index (χ2v) is 9.31. The largest absolute Gasteiger partial charge is 0.497 e. The summed E-state index contributed by atoms with van der Waals surface area (Å²) in [5.41, 5.74) is 1.83. The highest BCUT2D eigenvalue weighted by Gasteiger charge is 2.42. The van der Waals surface area contributed by atoms with E-state index in [1.54, 1.807) is 18.2 Å². The first-order valence-corrected chi connectivity index (χ1v) is 12.9. The van der Waals surface area contributed by atoms with Crippen LogP contribution in [0.5, 0.6) is 11.5 Å². The minimum Gasteiger partial charge on any atom is -0.497 e. The van der Waals surface area contributed by atoms with Crippen molar-refractivity contribution < 1.29 is 23.9 Å². The lowest BCUT2D eigenvalue weighted by atomic mass is 10.1. The van der Waals surface area contributed by atoms with Gasteiger partial charge in [0.1, 0.15) is 23.4 Å². The zero-order valence-corrected chi connectivity index (χ0v) is 21.8. The highest BCUT2D eigenvalue weighted by molar-refractivity contribution is 8.14. The predicted molar refractivity (Wildman–Crippen MR) is 144 cm³/mol. The molecule has 0 fully saturated rings. The van der Waals surface area contributed by atoms with E-state index < -0.39 is 6.04 Å². The van der Waals surface area contributed by atoms with Crippen molar-refractivity contribution in [3.8, 4) is 11.5 Å². The Morgan fingerprint density at radius 3 is 2.68 bits per heavy atom. The van der Waals surface area contributed by atoms with Crippen LogP contribution in [0.3, 0.4) is 0 Å². The molecule has 0 saturated carbocycles. The first kappa shape index (κ1) is 26.2. The number of hydrogen-bond donors (Lipinski definition) is 2. The third-order valence-electron chi connectivity index (χ3n) is 5.79. The van der Waals surface area contributed by atoms with E-state index in [4.69, 9.17) is 9.47 Å². The van der Waals surface area contributed by atoms with Crippen molar-refractivity contribution in [1.82, 2.24) is 10.2 Å². The maximum atomic E-state index is 13.3. The second kappa shape index (κ2) is 11.9. The fourth-order valence-corrected chi connectivity index (χ4v) is 4.71. The molecule has 2 aliphatic rings. The van der Waals surface area contributed by atoms with Gasteiger partial charge in [-0.1, -0.05) is 37.2 Å². The number of para-hydroxylation sites is 1. The molecule has 11 heteroatoms. The Morgan fingerprint density at radius 1 is 1.11 bits per heavy atom. The van der Waals surface area contributed by atoms with Crippen molar-refractivity contribution in [2.45, 2.75) is 32.2 Å². The number of amidine groups is 2. The van der Waals surface area contributed by atoms with Gasteiger partial charge in [0, 0.05) is 18.2 Å². The summed E-state index contributed by atoms with van der Waals surface area (Å²) in [6, 6.07) is 11.6. The summed E-state index contributed by atoms with van der Waals surface area (Å²) in [7, 11) is 3.05. The lowest BCUT2D eigenvalue weighted by Crippen LogP contribution is -2.42. The number of unbranched alkanes of at least 4 members (excludes halogenated alkanes) is 1. The summed E-state index contributed by atoms with van der Waals surface area (Å²) in [6.45, 7) is 2.61. The zero-order chi connectivity index (χ0) is 26.4. The molecule has 0 spiro atoms. The van der Waals surface area contributed by atoms with Gasteiger partial charge in [-0.3, -0.25) is 19.4 Å². The van der Waals surface area contributed by atoms with Crippen LogP contribution in [0.4, 0.5) is 11.4 Å². The van der Waals surface area contributed by atoms with E-state index >= 15 is 0 Å². The van der Waals surface area contributed by atoms with Gasteiger partial charge in [-0.2, -0.15) is 0 Å². The molecule has 3 amide bonds. The molecule has 194 valence electrons. The van der Waals surface area contributed by atoms with Crippen LogP contribution in [0.2, 0.25) is 0 Å². The van der Waals surface area contributed by atoms with Crippen LogP contribution in [0.1, 0.15) is 31.7 Å². The molecule has 0 aromatic heterocycles. The fourth-order valence-electron chi connectivity index (χ4n) is 3.91. The van der Waals surface area contributed by atoms with Crippen LogP contribution in [0.15, 0.2) is 52.4 Å². The van der Waals surface area contributed by atoms with Crippen molar-refractivity contribution in [2.75, 3.05) is 31.8 Å². The molecule has 2 aromatic rings. The average molecular weight is 524 g/mol. The van der Waals surface area contributed by atoms with E-state index in [0.717, 1.165) is 24.6 Å². The first-order valence-electron chi connectivity index (χ1n) is 12.0. The molecule has 0 saturated heterocycles. The first-order chi connectivity index (χ1) is 17.9. The lowest BCUT2D eigenvalue weighted by molar-refractivity contribution is -0.128. The van der Waals surface area contributed by atoms with Crippen molar-refractivity contribution in [2.24, 2.45) is 9.98 Å². The van der Waals surface area contributed by atoms with Crippen molar-refractivity contribution in [3.63, 3.8) is 0 Å². The van der Waals surface area contributed by atoms with E-state index in [1.807, 2.05) is 31.2 Å². The molecule has 2 aliphatic heterocycles. The molecule has 1 atom stereocenters. The molecule has 2 aromatic carbocycles. The summed E-state index contributed by atoms with van der Waals surface area (Å²) < 4.78 is 10.6. The number of nitrogens with zero attached hydrogens (tertiary/aromatic N) is 3. The number of carbonyl (C=O) groups is 3. The Hall–Kier alpha value is -3.86. The number of carbonyl (C=O) groups excluding carboxylic acids is 3. The second-order valence-electron chi connectivity index (χ2n) is 8.36. The number of ether oxygens (including phenoxy) is 2.